The van der Waals surface area contributed by atoms with Gasteiger partial charge in [0.2, 0.25) is 0 Å². The number of hydrogen-bond donors (Lipinski definition) is 0. The van der Waals surface area contributed by atoms with Crippen LogP contribution >= 0.6 is 0 Å². The highest BCUT2D eigenvalue weighted by molar-refractivity contribution is 7.90. The minimum atomic E-state index is -3.45. The van der Waals surface area contributed by atoms with Crippen molar-refractivity contribution < 1.29 is 8.42 Å². The fraction of sp³-hybridized carbons (Fsp3) is 0.389. The molecule has 0 unspecified atom stereocenters. The van der Waals surface area contributed by atoms with Crippen LogP contribution in [0.3, 0.4) is 0 Å². The van der Waals surface area contributed by atoms with E-state index < -0.39 is 9.84 Å². The molecular formula is C18H21N7O2S. The Balaban J connectivity index is 1.73. The van der Waals surface area contributed by atoms with Crippen LogP contribution < -0.4 is 4.90 Å². The number of aromatic nitrogens is 6. The Morgan fingerprint density at radius 1 is 1.04 bits per heavy atom. The highest BCUT2D eigenvalue weighted by atomic mass is 32.2. The van der Waals surface area contributed by atoms with Crippen molar-refractivity contribution in [1.82, 2.24) is 29.5 Å². The molecule has 1 fully saturated rings. The first-order valence-electron chi connectivity index (χ1n) is 9.02. The molecule has 1 saturated heterocycles. The number of nitrogens with zero attached hydrogens (tertiary/aromatic N) is 7. The van der Waals surface area contributed by atoms with Crippen LogP contribution in [-0.2, 0) is 9.84 Å². The highest BCUT2D eigenvalue weighted by Crippen LogP contribution is 2.21. The van der Waals surface area contributed by atoms with Crippen molar-refractivity contribution in [3.05, 3.63) is 35.3 Å². The number of fused-ring (bicyclic) bond motifs is 1. The van der Waals surface area contributed by atoms with Gasteiger partial charge in [-0.1, -0.05) is 0 Å². The smallest absolute Gasteiger partial charge is 0.192 e. The summed E-state index contributed by atoms with van der Waals surface area (Å²) in [6, 6.07) is 1.54. The topological polar surface area (TPSA) is 106 Å². The molecule has 10 heteroatoms. The summed E-state index contributed by atoms with van der Waals surface area (Å²) in [5, 5.41) is 4.47. The van der Waals surface area contributed by atoms with E-state index in [1.807, 2.05) is 13.8 Å². The van der Waals surface area contributed by atoms with Gasteiger partial charge in [-0.15, -0.1) is 5.10 Å². The highest BCUT2D eigenvalue weighted by Gasteiger charge is 2.19. The maximum absolute atomic E-state index is 12.1. The Morgan fingerprint density at radius 3 is 2.43 bits per heavy atom. The van der Waals surface area contributed by atoms with E-state index >= 15 is 0 Å². The van der Waals surface area contributed by atoms with E-state index in [-0.39, 0.29) is 5.03 Å². The quantitative estimate of drug-likeness (QED) is 0.610. The number of aryl methyl sites for hydroxylation is 2. The van der Waals surface area contributed by atoms with Gasteiger partial charge >= 0.3 is 0 Å². The Labute approximate surface area is 163 Å². The number of hydrogen-bond acceptors (Lipinski definition) is 8. The third-order valence-corrected chi connectivity index (χ3v) is 5.59. The van der Waals surface area contributed by atoms with Crippen LogP contribution in [0.1, 0.15) is 35.9 Å². The molecule has 4 rings (SSSR count). The molecule has 0 aromatic carbocycles. The molecule has 28 heavy (non-hydrogen) atoms. The lowest BCUT2D eigenvalue weighted by Gasteiger charge is -2.17. The van der Waals surface area contributed by atoms with Gasteiger partial charge in [-0.05, 0) is 38.8 Å². The van der Waals surface area contributed by atoms with Gasteiger partial charge in [0.25, 0.3) is 0 Å². The van der Waals surface area contributed by atoms with Crippen molar-refractivity contribution in [3.8, 4) is 0 Å². The second kappa shape index (κ2) is 6.93. The van der Waals surface area contributed by atoms with Crippen LogP contribution in [-0.4, -0.2) is 57.3 Å². The predicted octanol–water partition coefficient (Wildman–Crippen LogP) is 1.71. The van der Waals surface area contributed by atoms with E-state index in [0.717, 1.165) is 43.6 Å². The van der Waals surface area contributed by atoms with E-state index in [2.05, 4.69) is 29.9 Å². The Morgan fingerprint density at radius 2 is 1.75 bits per heavy atom. The largest absolute Gasteiger partial charge is 0.356 e. The van der Waals surface area contributed by atoms with Gasteiger partial charge in [0.1, 0.15) is 5.82 Å². The van der Waals surface area contributed by atoms with E-state index in [0.29, 0.717) is 23.1 Å². The van der Waals surface area contributed by atoms with Crippen LogP contribution in [0.4, 0.5) is 5.82 Å². The Bertz CT molecular complexity index is 1140. The normalized spacial score (nSPS) is 15.2. The maximum Gasteiger partial charge on any atom is 0.192 e. The van der Waals surface area contributed by atoms with Crippen LogP contribution in [0, 0.1) is 13.8 Å². The van der Waals surface area contributed by atoms with Crippen LogP contribution in [0.15, 0.2) is 17.3 Å². The van der Waals surface area contributed by atoms with Gasteiger partial charge in [0.05, 0.1) is 11.4 Å². The standard InChI is InChI=1S/C18H21N7O2S/c1-12-11-19-13(2)18-22-15(23-25(12)18)7-6-14-20-16(24-8-4-5-9-24)10-17(21-14)28(3,26)27/h6-7,10-11H,4-5,8-9H2,1-3H3/b7-6+. The molecule has 0 atom stereocenters. The second-order valence-corrected chi connectivity index (χ2v) is 8.88. The van der Waals surface area contributed by atoms with Crippen molar-refractivity contribution >= 4 is 33.5 Å². The SMILES string of the molecule is Cc1ncc(C)n2nc(/C=C/c3nc(N4CCCC4)cc(S(C)(=O)=O)n3)nc12. The van der Waals surface area contributed by atoms with Gasteiger partial charge in [-0.3, -0.25) is 4.98 Å². The summed E-state index contributed by atoms with van der Waals surface area (Å²) < 4.78 is 25.8. The third kappa shape index (κ3) is 3.59. The van der Waals surface area contributed by atoms with Gasteiger partial charge in [-0.2, -0.15) is 0 Å². The summed E-state index contributed by atoms with van der Waals surface area (Å²) in [4.78, 5) is 19.6. The number of anilines is 1. The average molecular weight is 399 g/mol. The molecular weight excluding hydrogens is 378 g/mol. The van der Waals surface area contributed by atoms with Crippen LogP contribution in [0.5, 0.6) is 0 Å². The Hall–Kier alpha value is -2.88. The van der Waals surface area contributed by atoms with E-state index in [1.54, 1.807) is 28.9 Å². The minimum absolute atomic E-state index is 0.0166. The molecule has 4 heterocycles. The number of sulfone groups is 1. The molecule has 1 aliphatic rings. The molecule has 0 N–H and O–H groups in total. The van der Waals surface area contributed by atoms with Gasteiger partial charge in [0.15, 0.2) is 32.2 Å². The molecule has 0 spiro atoms. The van der Waals surface area contributed by atoms with Crippen LogP contribution in [0.2, 0.25) is 0 Å². The summed E-state index contributed by atoms with van der Waals surface area (Å²) in [7, 11) is -3.45. The van der Waals surface area contributed by atoms with E-state index in [9.17, 15) is 8.42 Å². The maximum atomic E-state index is 12.1. The minimum Gasteiger partial charge on any atom is -0.356 e. The summed E-state index contributed by atoms with van der Waals surface area (Å²) in [6.07, 6.45) is 8.36. The molecule has 9 nitrogen and oxygen atoms in total. The molecule has 1 aliphatic heterocycles. The first-order valence-corrected chi connectivity index (χ1v) is 10.9. The van der Waals surface area contributed by atoms with Crippen molar-refractivity contribution in [2.45, 2.75) is 31.7 Å². The van der Waals surface area contributed by atoms with Crippen molar-refractivity contribution in [1.29, 1.82) is 0 Å². The predicted molar refractivity (Wildman–Crippen MR) is 106 cm³/mol. The first-order chi connectivity index (χ1) is 13.3. The van der Waals surface area contributed by atoms with Crippen LogP contribution in [0.25, 0.3) is 17.8 Å². The lowest BCUT2D eigenvalue weighted by atomic mass is 10.4. The zero-order valence-corrected chi connectivity index (χ0v) is 16.8. The summed E-state index contributed by atoms with van der Waals surface area (Å²) in [6.45, 7) is 5.51. The molecule has 0 aliphatic carbocycles. The second-order valence-electron chi connectivity index (χ2n) is 6.91. The van der Waals surface area contributed by atoms with E-state index in [4.69, 9.17) is 0 Å². The van der Waals surface area contributed by atoms with Gasteiger partial charge in [-0.25, -0.2) is 27.9 Å². The molecule has 146 valence electrons. The molecule has 0 radical (unpaired) electrons. The third-order valence-electron chi connectivity index (χ3n) is 4.62. The zero-order valence-electron chi connectivity index (χ0n) is 16.0. The fourth-order valence-electron chi connectivity index (χ4n) is 3.13. The van der Waals surface area contributed by atoms with Crippen molar-refractivity contribution in [3.63, 3.8) is 0 Å². The first kappa shape index (κ1) is 18.5. The number of rotatable bonds is 4. The van der Waals surface area contributed by atoms with Crippen molar-refractivity contribution in [2.75, 3.05) is 24.2 Å². The Kier molecular flexibility index (Phi) is 4.58. The monoisotopic (exact) mass is 399 g/mol. The molecule has 0 amide bonds. The fourth-order valence-corrected chi connectivity index (χ4v) is 3.71. The summed E-state index contributed by atoms with van der Waals surface area (Å²) >= 11 is 0. The molecule has 0 saturated carbocycles. The molecule has 3 aromatic heterocycles. The lowest BCUT2D eigenvalue weighted by molar-refractivity contribution is 0.597. The summed E-state index contributed by atoms with van der Waals surface area (Å²) in [5.74, 6) is 1.43. The zero-order chi connectivity index (χ0) is 19.9. The van der Waals surface area contributed by atoms with E-state index in [1.165, 1.54) is 0 Å². The average Bonchev–Trinajstić information content (AvgIpc) is 3.32. The summed E-state index contributed by atoms with van der Waals surface area (Å²) in [5.41, 5.74) is 2.34. The molecule has 3 aromatic rings. The lowest BCUT2D eigenvalue weighted by Crippen LogP contribution is -2.20. The van der Waals surface area contributed by atoms with Crippen molar-refractivity contribution in [2.24, 2.45) is 0 Å². The van der Waals surface area contributed by atoms with Gasteiger partial charge in [0, 0.05) is 31.6 Å². The molecule has 0 bridgehead atoms. The van der Waals surface area contributed by atoms with Gasteiger partial charge < -0.3 is 4.90 Å².